The van der Waals surface area contributed by atoms with Crippen LogP contribution in [0.3, 0.4) is 0 Å². The van der Waals surface area contributed by atoms with Gasteiger partial charge in [0, 0.05) is 16.6 Å². The lowest BCUT2D eigenvalue weighted by Crippen LogP contribution is -1.86. The van der Waals surface area contributed by atoms with Gasteiger partial charge in [-0.3, -0.25) is 5.10 Å². The van der Waals surface area contributed by atoms with Gasteiger partial charge in [0.1, 0.15) is 5.52 Å². The second-order valence-corrected chi connectivity index (χ2v) is 3.65. The second-order valence-electron chi connectivity index (χ2n) is 3.27. The highest BCUT2D eigenvalue weighted by atomic mass is 32.1. The number of nitrogens with two attached hydrogens (primary N) is 1. The first-order valence-electron chi connectivity index (χ1n) is 4.38. The predicted molar refractivity (Wildman–Crippen MR) is 61.0 cm³/mol. The summed E-state index contributed by atoms with van der Waals surface area (Å²) < 4.78 is 0.363. The van der Waals surface area contributed by atoms with E-state index in [1.165, 1.54) is 0 Å². The van der Waals surface area contributed by atoms with Crippen LogP contribution < -0.4 is 5.73 Å². The van der Waals surface area contributed by atoms with Gasteiger partial charge < -0.3 is 10.7 Å². The van der Waals surface area contributed by atoms with Crippen molar-refractivity contribution < 1.29 is 0 Å². The van der Waals surface area contributed by atoms with Crippen molar-refractivity contribution in [3.63, 3.8) is 0 Å². The highest BCUT2D eigenvalue weighted by Gasteiger charge is 2.06. The highest BCUT2D eigenvalue weighted by molar-refractivity contribution is 7.71. The molecule has 0 saturated heterocycles. The van der Waals surface area contributed by atoms with Gasteiger partial charge in [-0.25, -0.2) is 0 Å². The van der Waals surface area contributed by atoms with E-state index in [1.54, 1.807) is 0 Å². The van der Waals surface area contributed by atoms with Crippen LogP contribution in [0.25, 0.3) is 22.1 Å². The van der Waals surface area contributed by atoms with Crippen LogP contribution in [0.15, 0.2) is 18.2 Å². The number of hydrogen-bond acceptors (Lipinski definition) is 4. The van der Waals surface area contributed by atoms with E-state index in [9.17, 15) is 0 Å². The summed E-state index contributed by atoms with van der Waals surface area (Å²) >= 11 is 4.90. The Morgan fingerprint density at radius 2 is 2.20 bits per heavy atom. The average Bonchev–Trinajstić information content (AvgIpc) is 2.54. The highest BCUT2D eigenvalue weighted by Crippen LogP contribution is 2.23. The van der Waals surface area contributed by atoms with Crippen molar-refractivity contribution in [3.8, 4) is 0 Å². The molecule has 3 rings (SSSR count). The minimum absolute atomic E-state index is 0.363. The third kappa shape index (κ3) is 1.18. The number of benzene rings is 1. The molecule has 0 aliphatic rings. The minimum atomic E-state index is 0.363. The van der Waals surface area contributed by atoms with Gasteiger partial charge in [0.05, 0.1) is 0 Å². The van der Waals surface area contributed by atoms with Crippen LogP contribution in [0, 0.1) is 4.77 Å². The first kappa shape index (κ1) is 8.37. The first-order chi connectivity index (χ1) is 7.24. The molecule has 6 heteroatoms. The maximum Gasteiger partial charge on any atom is 0.215 e. The van der Waals surface area contributed by atoms with Gasteiger partial charge in [0.25, 0.3) is 0 Å². The van der Waals surface area contributed by atoms with Crippen molar-refractivity contribution in [2.45, 2.75) is 0 Å². The van der Waals surface area contributed by atoms with Crippen molar-refractivity contribution in [1.82, 2.24) is 20.2 Å². The zero-order chi connectivity index (χ0) is 10.4. The number of hydrogen-bond donors (Lipinski definition) is 3. The number of nitrogens with zero attached hydrogens (tertiary/aromatic N) is 2. The van der Waals surface area contributed by atoms with Gasteiger partial charge in [-0.2, -0.15) is 10.1 Å². The molecule has 0 atom stereocenters. The Hall–Kier alpha value is -1.95. The molecule has 1 aromatic carbocycles. The molecule has 0 aliphatic heterocycles. The molecule has 0 saturated carbocycles. The number of anilines is 1. The van der Waals surface area contributed by atoms with Crippen LogP contribution in [0.4, 0.5) is 5.69 Å². The maximum atomic E-state index is 5.71. The molecule has 0 bridgehead atoms. The van der Waals surface area contributed by atoms with Gasteiger partial charge in [-0.1, -0.05) is 0 Å². The van der Waals surface area contributed by atoms with Crippen LogP contribution >= 0.6 is 12.2 Å². The second kappa shape index (κ2) is 2.77. The number of fused-ring (bicyclic) bond motifs is 3. The molecule has 74 valence electrons. The molecule has 15 heavy (non-hydrogen) atoms. The molecule has 0 radical (unpaired) electrons. The fourth-order valence-corrected chi connectivity index (χ4v) is 1.74. The lowest BCUT2D eigenvalue weighted by molar-refractivity contribution is 0.999. The molecule has 2 heterocycles. The summed E-state index contributed by atoms with van der Waals surface area (Å²) in [6.07, 6.45) is 0. The molecule has 4 N–H and O–H groups in total. The third-order valence-electron chi connectivity index (χ3n) is 2.25. The van der Waals surface area contributed by atoms with Gasteiger partial charge in [-0.05, 0) is 30.4 Å². The smallest absolute Gasteiger partial charge is 0.215 e. The summed E-state index contributed by atoms with van der Waals surface area (Å²) in [7, 11) is 0. The number of H-pyrrole nitrogens is 2. The molecule has 0 fully saturated rings. The molecular formula is C9H7N5S. The fraction of sp³-hybridized carbons (Fsp3) is 0. The molecule has 5 nitrogen and oxygen atoms in total. The lowest BCUT2D eigenvalue weighted by atomic mass is 10.2. The zero-order valence-corrected chi connectivity index (χ0v) is 8.43. The van der Waals surface area contributed by atoms with Crippen molar-refractivity contribution in [3.05, 3.63) is 23.0 Å². The number of nitrogen functional groups attached to an aromatic ring is 1. The number of aromatic nitrogens is 4. The Balaban J connectivity index is 2.58. The van der Waals surface area contributed by atoms with Crippen molar-refractivity contribution >= 4 is 40.0 Å². The maximum absolute atomic E-state index is 5.71. The zero-order valence-electron chi connectivity index (χ0n) is 7.61. The molecular weight excluding hydrogens is 210 g/mol. The van der Waals surface area contributed by atoms with Crippen LogP contribution in [0.5, 0.6) is 0 Å². The number of nitrogens with one attached hydrogen (secondary N) is 2. The molecule has 0 amide bonds. The standard InChI is InChI=1S/C9H7N5S/c10-4-1-2-6-5(3-4)7-8(11-6)12-9(15)14-13-7/h1-3H,10H2,(H2,11,12,14,15). The van der Waals surface area contributed by atoms with E-state index >= 15 is 0 Å². The monoisotopic (exact) mass is 217 g/mol. The van der Waals surface area contributed by atoms with E-state index in [0.717, 1.165) is 16.4 Å². The van der Waals surface area contributed by atoms with E-state index in [0.29, 0.717) is 16.1 Å². The van der Waals surface area contributed by atoms with Crippen molar-refractivity contribution in [2.75, 3.05) is 5.73 Å². The average molecular weight is 217 g/mol. The lowest BCUT2D eigenvalue weighted by Gasteiger charge is -1.92. The van der Waals surface area contributed by atoms with Crippen LogP contribution in [-0.4, -0.2) is 20.2 Å². The largest absolute Gasteiger partial charge is 0.399 e. The quantitative estimate of drug-likeness (QED) is 0.395. The van der Waals surface area contributed by atoms with Gasteiger partial charge in [0.15, 0.2) is 5.65 Å². The van der Waals surface area contributed by atoms with Gasteiger partial charge >= 0.3 is 0 Å². The number of aromatic amines is 2. The van der Waals surface area contributed by atoms with E-state index < -0.39 is 0 Å². The summed E-state index contributed by atoms with van der Waals surface area (Å²) in [4.78, 5) is 7.27. The van der Waals surface area contributed by atoms with E-state index in [2.05, 4.69) is 20.2 Å². The predicted octanol–water partition coefficient (Wildman–Crippen LogP) is 1.75. The number of rotatable bonds is 0. The molecule has 0 spiro atoms. The summed E-state index contributed by atoms with van der Waals surface area (Å²) in [6, 6.07) is 5.59. The van der Waals surface area contributed by atoms with Crippen LogP contribution in [-0.2, 0) is 0 Å². The van der Waals surface area contributed by atoms with E-state index in [-0.39, 0.29) is 0 Å². The Morgan fingerprint density at radius 1 is 1.33 bits per heavy atom. The summed E-state index contributed by atoms with van der Waals surface area (Å²) in [5.41, 5.74) is 8.80. The normalized spacial score (nSPS) is 11.2. The Kier molecular flexibility index (Phi) is 1.54. The topological polar surface area (TPSA) is 83.4 Å². The van der Waals surface area contributed by atoms with E-state index in [1.807, 2.05) is 18.2 Å². The summed E-state index contributed by atoms with van der Waals surface area (Å²) in [6.45, 7) is 0. The van der Waals surface area contributed by atoms with Gasteiger partial charge in [-0.15, -0.1) is 0 Å². The SMILES string of the molecule is Nc1ccc2[nH]c3nc(=S)[nH]nc3c2c1. The third-order valence-corrected chi connectivity index (χ3v) is 2.44. The molecule has 0 unspecified atom stereocenters. The Bertz CT molecular complexity index is 711. The minimum Gasteiger partial charge on any atom is -0.399 e. The molecule has 3 aromatic rings. The molecule has 0 aliphatic carbocycles. The first-order valence-corrected chi connectivity index (χ1v) is 4.78. The van der Waals surface area contributed by atoms with Gasteiger partial charge in [0.2, 0.25) is 4.77 Å². The van der Waals surface area contributed by atoms with Crippen LogP contribution in [0.2, 0.25) is 0 Å². The summed E-state index contributed by atoms with van der Waals surface area (Å²) in [5, 5.41) is 7.74. The van der Waals surface area contributed by atoms with Crippen molar-refractivity contribution in [1.29, 1.82) is 0 Å². The van der Waals surface area contributed by atoms with E-state index in [4.69, 9.17) is 18.0 Å². The fourth-order valence-electron chi connectivity index (χ4n) is 1.61. The Morgan fingerprint density at radius 3 is 3.07 bits per heavy atom. The van der Waals surface area contributed by atoms with Crippen molar-refractivity contribution in [2.24, 2.45) is 0 Å². The Labute approximate surface area is 89.3 Å². The van der Waals surface area contributed by atoms with Crippen LogP contribution in [0.1, 0.15) is 0 Å². The molecule has 2 aromatic heterocycles. The summed E-state index contributed by atoms with van der Waals surface area (Å²) in [5.74, 6) is 0.